The van der Waals surface area contributed by atoms with Gasteiger partial charge in [0.1, 0.15) is 0 Å². The molecule has 0 aliphatic rings. The van der Waals surface area contributed by atoms with Gasteiger partial charge in [0, 0.05) is 22.9 Å². The zero-order valence-corrected chi connectivity index (χ0v) is 13.5. The van der Waals surface area contributed by atoms with Crippen LogP contribution in [0.5, 0.6) is 0 Å². The number of rotatable bonds is 2. The number of aromatic nitrogens is 3. The molecule has 2 aromatic carbocycles. The molecule has 1 N–H and O–H groups in total. The Morgan fingerprint density at radius 1 is 1.04 bits per heavy atom. The van der Waals surface area contributed by atoms with E-state index in [4.69, 9.17) is 10.2 Å². The van der Waals surface area contributed by atoms with Gasteiger partial charge in [-0.05, 0) is 24.6 Å². The lowest BCUT2D eigenvalue weighted by atomic mass is 10.1. The summed E-state index contributed by atoms with van der Waals surface area (Å²) in [4.78, 5) is 17.2. The fourth-order valence-electron chi connectivity index (χ4n) is 2.96. The Bertz CT molecular complexity index is 1160. The van der Waals surface area contributed by atoms with Crippen LogP contribution in [-0.4, -0.2) is 14.6 Å². The normalized spacial score (nSPS) is 10.7. The maximum atomic E-state index is 12.5. The largest absolute Gasteiger partial charge is 0.293 e. The molecule has 4 rings (SSSR count). The molecule has 2 aromatic heterocycles. The first kappa shape index (κ1) is 14.9. The first-order chi connectivity index (χ1) is 12.2. The SMILES string of the molecule is Cc1[nH]n2c(=O)cc(-c3ccc(C#N)cc3)nc2c1-c1ccccc1. The number of hydrogen-bond acceptors (Lipinski definition) is 3. The molecule has 0 atom stereocenters. The fourth-order valence-corrected chi connectivity index (χ4v) is 2.96. The molecule has 2 heterocycles. The first-order valence-electron chi connectivity index (χ1n) is 7.86. The minimum absolute atomic E-state index is 0.172. The summed E-state index contributed by atoms with van der Waals surface area (Å²) in [5.41, 5.74) is 5.18. The Morgan fingerprint density at radius 2 is 1.76 bits per heavy atom. The number of benzene rings is 2. The molecule has 5 nitrogen and oxygen atoms in total. The molecule has 120 valence electrons. The highest BCUT2D eigenvalue weighted by Crippen LogP contribution is 2.27. The van der Waals surface area contributed by atoms with E-state index in [0.717, 1.165) is 22.4 Å². The number of nitrogens with one attached hydrogen (secondary N) is 1. The lowest BCUT2D eigenvalue weighted by molar-refractivity contribution is 0.882. The van der Waals surface area contributed by atoms with Gasteiger partial charge in [-0.2, -0.15) is 5.26 Å². The van der Waals surface area contributed by atoms with Crippen LogP contribution in [-0.2, 0) is 0 Å². The van der Waals surface area contributed by atoms with Crippen molar-refractivity contribution in [1.82, 2.24) is 14.6 Å². The van der Waals surface area contributed by atoms with E-state index in [1.54, 1.807) is 24.3 Å². The molecule has 0 spiro atoms. The average Bonchev–Trinajstić information content (AvgIpc) is 2.99. The molecule has 4 aromatic rings. The maximum absolute atomic E-state index is 12.5. The second-order valence-electron chi connectivity index (χ2n) is 5.81. The second kappa shape index (κ2) is 5.77. The third-order valence-electron chi connectivity index (χ3n) is 4.17. The lowest BCUT2D eigenvalue weighted by Gasteiger charge is -2.04. The van der Waals surface area contributed by atoms with Crippen molar-refractivity contribution in [2.45, 2.75) is 6.92 Å². The van der Waals surface area contributed by atoms with Gasteiger partial charge in [0.2, 0.25) is 0 Å². The van der Waals surface area contributed by atoms with Crippen LogP contribution in [0.4, 0.5) is 0 Å². The lowest BCUT2D eigenvalue weighted by Crippen LogP contribution is -2.14. The Balaban J connectivity index is 1.97. The number of aryl methyl sites for hydroxylation is 1. The average molecular weight is 326 g/mol. The van der Waals surface area contributed by atoms with Crippen LogP contribution in [0.25, 0.3) is 28.0 Å². The highest BCUT2D eigenvalue weighted by atomic mass is 16.1. The zero-order valence-electron chi connectivity index (χ0n) is 13.5. The van der Waals surface area contributed by atoms with Crippen LogP contribution >= 0.6 is 0 Å². The molecule has 0 amide bonds. The molecular formula is C20H14N4O. The highest BCUT2D eigenvalue weighted by molar-refractivity contribution is 5.81. The number of nitriles is 1. The third kappa shape index (κ3) is 2.50. The van der Waals surface area contributed by atoms with Gasteiger partial charge in [0.25, 0.3) is 5.56 Å². The van der Waals surface area contributed by atoms with E-state index < -0.39 is 0 Å². The van der Waals surface area contributed by atoms with Crippen molar-refractivity contribution in [3.63, 3.8) is 0 Å². The molecule has 0 unspecified atom stereocenters. The standard InChI is InChI=1S/C20H14N4O/c1-13-19(16-5-3-2-4-6-16)20-22-17(11-18(25)24(20)23-13)15-9-7-14(12-21)8-10-15/h2-11,23H,1H3. The van der Waals surface area contributed by atoms with Gasteiger partial charge in [-0.1, -0.05) is 42.5 Å². The Labute approximate surface area is 143 Å². The van der Waals surface area contributed by atoms with E-state index in [2.05, 4.69) is 11.2 Å². The van der Waals surface area contributed by atoms with Gasteiger partial charge in [0.05, 0.1) is 17.3 Å². The number of nitrogens with zero attached hydrogens (tertiary/aromatic N) is 3. The zero-order chi connectivity index (χ0) is 17.4. The Morgan fingerprint density at radius 3 is 2.44 bits per heavy atom. The number of fused-ring (bicyclic) bond motifs is 1. The van der Waals surface area contributed by atoms with E-state index in [1.165, 1.54) is 10.6 Å². The highest BCUT2D eigenvalue weighted by Gasteiger charge is 2.15. The van der Waals surface area contributed by atoms with Crippen LogP contribution in [0, 0.1) is 18.3 Å². The van der Waals surface area contributed by atoms with E-state index in [0.29, 0.717) is 16.9 Å². The minimum atomic E-state index is -0.172. The molecule has 25 heavy (non-hydrogen) atoms. The van der Waals surface area contributed by atoms with Crippen LogP contribution in [0.15, 0.2) is 65.5 Å². The van der Waals surface area contributed by atoms with E-state index in [1.807, 2.05) is 37.3 Å². The summed E-state index contributed by atoms with van der Waals surface area (Å²) in [6.07, 6.45) is 0. The number of aromatic amines is 1. The van der Waals surface area contributed by atoms with Crippen molar-refractivity contribution >= 4 is 5.65 Å². The summed E-state index contributed by atoms with van der Waals surface area (Å²) >= 11 is 0. The van der Waals surface area contributed by atoms with Crippen molar-refractivity contribution in [2.24, 2.45) is 0 Å². The molecule has 0 bridgehead atoms. The third-order valence-corrected chi connectivity index (χ3v) is 4.17. The van der Waals surface area contributed by atoms with Gasteiger partial charge in [-0.15, -0.1) is 0 Å². The van der Waals surface area contributed by atoms with Crippen molar-refractivity contribution in [1.29, 1.82) is 5.26 Å². The summed E-state index contributed by atoms with van der Waals surface area (Å²) in [6, 6.07) is 20.5. The van der Waals surface area contributed by atoms with Crippen LogP contribution < -0.4 is 5.56 Å². The smallest absolute Gasteiger partial charge is 0.273 e. The van der Waals surface area contributed by atoms with Crippen molar-refractivity contribution in [3.05, 3.63) is 82.3 Å². The Kier molecular flexibility index (Phi) is 3.44. The molecule has 5 heteroatoms. The molecule has 0 saturated carbocycles. The van der Waals surface area contributed by atoms with Crippen LogP contribution in [0.3, 0.4) is 0 Å². The van der Waals surface area contributed by atoms with Gasteiger partial charge >= 0.3 is 0 Å². The molecule has 0 radical (unpaired) electrons. The summed E-state index contributed by atoms with van der Waals surface area (Å²) in [5, 5.41) is 12.0. The Hall–Kier alpha value is -3.65. The molecule has 0 aliphatic heterocycles. The topological polar surface area (TPSA) is 73.9 Å². The van der Waals surface area contributed by atoms with E-state index in [9.17, 15) is 4.79 Å². The van der Waals surface area contributed by atoms with Gasteiger partial charge in [0.15, 0.2) is 5.65 Å². The van der Waals surface area contributed by atoms with E-state index >= 15 is 0 Å². The van der Waals surface area contributed by atoms with Crippen molar-refractivity contribution in [3.8, 4) is 28.5 Å². The predicted molar refractivity (Wildman–Crippen MR) is 96.1 cm³/mol. The van der Waals surface area contributed by atoms with Gasteiger partial charge in [-0.3, -0.25) is 9.89 Å². The molecule has 0 aliphatic carbocycles. The minimum Gasteiger partial charge on any atom is -0.293 e. The molecule has 0 saturated heterocycles. The summed E-state index contributed by atoms with van der Waals surface area (Å²) in [7, 11) is 0. The van der Waals surface area contributed by atoms with E-state index in [-0.39, 0.29) is 5.56 Å². The van der Waals surface area contributed by atoms with Gasteiger partial charge < -0.3 is 0 Å². The van der Waals surface area contributed by atoms with Gasteiger partial charge in [-0.25, -0.2) is 9.50 Å². The summed E-state index contributed by atoms with van der Waals surface area (Å²) in [6.45, 7) is 1.93. The fraction of sp³-hybridized carbons (Fsp3) is 0.0500. The number of hydrogen-bond donors (Lipinski definition) is 1. The molecular weight excluding hydrogens is 312 g/mol. The predicted octanol–water partition coefficient (Wildman–Crippen LogP) is 3.54. The maximum Gasteiger partial charge on any atom is 0.273 e. The van der Waals surface area contributed by atoms with Crippen molar-refractivity contribution in [2.75, 3.05) is 0 Å². The molecule has 0 fully saturated rings. The van der Waals surface area contributed by atoms with Crippen molar-refractivity contribution < 1.29 is 0 Å². The monoisotopic (exact) mass is 326 g/mol. The number of H-pyrrole nitrogens is 1. The first-order valence-corrected chi connectivity index (χ1v) is 7.86. The second-order valence-corrected chi connectivity index (χ2v) is 5.81. The van der Waals surface area contributed by atoms with Crippen LogP contribution in [0.2, 0.25) is 0 Å². The van der Waals surface area contributed by atoms with Crippen LogP contribution in [0.1, 0.15) is 11.3 Å². The summed E-state index contributed by atoms with van der Waals surface area (Å²) in [5.74, 6) is 0. The quantitative estimate of drug-likeness (QED) is 0.612. The summed E-state index contributed by atoms with van der Waals surface area (Å²) < 4.78 is 1.46.